The summed E-state index contributed by atoms with van der Waals surface area (Å²) in [7, 11) is 0. The van der Waals surface area contributed by atoms with E-state index in [1.165, 1.54) is 0 Å². The molecule has 1 aromatic carbocycles. The second-order valence-electron chi connectivity index (χ2n) is 3.95. The molecule has 6 heteroatoms. The van der Waals surface area contributed by atoms with Crippen molar-refractivity contribution in [1.82, 2.24) is 15.8 Å². The van der Waals surface area contributed by atoms with Gasteiger partial charge in [-0.05, 0) is 40.5 Å². The lowest BCUT2D eigenvalue weighted by Crippen LogP contribution is -2.42. The zero-order chi connectivity index (χ0) is 13.8. The molecule has 0 radical (unpaired) electrons. The maximum absolute atomic E-state index is 11.9. The van der Waals surface area contributed by atoms with Gasteiger partial charge in [0, 0.05) is 16.2 Å². The Bertz CT molecular complexity index is 622. The largest absolute Gasteiger partial charge is 0.356 e. The van der Waals surface area contributed by atoms with E-state index in [1.807, 2.05) is 19.1 Å². The molecule has 2 amide bonds. The van der Waals surface area contributed by atoms with E-state index in [9.17, 15) is 9.59 Å². The number of halogens is 1. The number of carbonyl (C=O) groups is 2. The Morgan fingerprint density at radius 3 is 2.47 bits per heavy atom. The fourth-order valence-corrected chi connectivity index (χ4v) is 1.92. The van der Waals surface area contributed by atoms with Gasteiger partial charge in [-0.15, -0.1) is 0 Å². The summed E-state index contributed by atoms with van der Waals surface area (Å²) in [6.45, 7) is 1.83. The first-order chi connectivity index (χ1) is 9.08. The summed E-state index contributed by atoms with van der Waals surface area (Å²) in [6.07, 6.45) is 1.64. The molecule has 0 fully saturated rings. The minimum absolute atomic E-state index is 0.350. The van der Waals surface area contributed by atoms with Crippen LogP contribution >= 0.6 is 15.9 Å². The predicted octanol–water partition coefficient (Wildman–Crippen LogP) is 2.16. The second-order valence-corrected chi connectivity index (χ2v) is 4.87. The topological polar surface area (TPSA) is 74.0 Å². The monoisotopic (exact) mass is 321 g/mol. The molecule has 0 bridgehead atoms. The van der Waals surface area contributed by atoms with E-state index in [2.05, 4.69) is 31.8 Å². The maximum Gasteiger partial charge on any atom is 0.286 e. The summed E-state index contributed by atoms with van der Waals surface area (Å²) in [5, 5.41) is 0. The van der Waals surface area contributed by atoms with E-state index in [4.69, 9.17) is 0 Å². The van der Waals surface area contributed by atoms with Crippen LogP contribution in [0.3, 0.4) is 0 Å². The third-order valence-corrected chi connectivity index (χ3v) is 3.03. The van der Waals surface area contributed by atoms with Crippen LogP contribution in [0.4, 0.5) is 0 Å². The lowest BCUT2D eigenvalue weighted by Gasteiger charge is -2.08. The molecule has 0 unspecified atom stereocenters. The Balaban J connectivity index is 1.98. The number of nitrogens with one attached hydrogen (secondary N) is 3. The van der Waals surface area contributed by atoms with Gasteiger partial charge in [0.25, 0.3) is 11.8 Å². The molecule has 0 aliphatic carbocycles. The smallest absolute Gasteiger partial charge is 0.286 e. The van der Waals surface area contributed by atoms with E-state index >= 15 is 0 Å². The molecule has 0 spiro atoms. The maximum atomic E-state index is 11.9. The zero-order valence-corrected chi connectivity index (χ0v) is 11.7. The van der Waals surface area contributed by atoms with Gasteiger partial charge < -0.3 is 4.98 Å². The first-order valence-electron chi connectivity index (χ1n) is 5.58. The van der Waals surface area contributed by atoms with Crippen molar-refractivity contribution in [3.05, 3.63) is 57.8 Å². The highest BCUT2D eigenvalue weighted by Crippen LogP contribution is 2.10. The van der Waals surface area contributed by atoms with Crippen molar-refractivity contribution in [2.75, 3.05) is 0 Å². The van der Waals surface area contributed by atoms with Gasteiger partial charge in [-0.3, -0.25) is 20.4 Å². The van der Waals surface area contributed by atoms with Crippen LogP contribution in [0, 0.1) is 6.92 Å². The van der Waals surface area contributed by atoms with E-state index < -0.39 is 5.91 Å². The first kappa shape index (κ1) is 13.4. The number of hydrazine groups is 1. The molecule has 0 saturated carbocycles. The fraction of sp³-hybridized carbons (Fsp3) is 0.0769. The number of hydrogen-bond acceptors (Lipinski definition) is 2. The van der Waals surface area contributed by atoms with Gasteiger partial charge in [-0.2, -0.15) is 0 Å². The Morgan fingerprint density at radius 1 is 1.16 bits per heavy atom. The third kappa shape index (κ3) is 3.23. The van der Waals surface area contributed by atoms with E-state index in [0.29, 0.717) is 11.3 Å². The normalized spacial score (nSPS) is 10.0. The average molecular weight is 322 g/mol. The van der Waals surface area contributed by atoms with Gasteiger partial charge in [0.1, 0.15) is 5.69 Å². The summed E-state index contributed by atoms with van der Waals surface area (Å²) in [5.41, 5.74) is 6.45. The van der Waals surface area contributed by atoms with Crippen LogP contribution in [0.5, 0.6) is 0 Å². The van der Waals surface area contributed by atoms with Gasteiger partial charge in [-0.25, -0.2) is 0 Å². The number of carbonyl (C=O) groups excluding carboxylic acids is 2. The minimum atomic E-state index is -0.410. The van der Waals surface area contributed by atoms with Crippen LogP contribution in [0.2, 0.25) is 0 Å². The van der Waals surface area contributed by atoms with Crippen molar-refractivity contribution >= 4 is 27.7 Å². The molecule has 2 aromatic rings. The first-order valence-corrected chi connectivity index (χ1v) is 6.37. The predicted molar refractivity (Wildman–Crippen MR) is 74.6 cm³/mol. The average Bonchev–Trinajstić information content (AvgIpc) is 2.83. The lowest BCUT2D eigenvalue weighted by molar-refractivity contribution is 0.0844. The van der Waals surface area contributed by atoms with Crippen LogP contribution in [0.25, 0.3) is 0 Å². The Morgan fingerprint density at radius 2 is 1.84 bits per heavy atom. The quantitative estimate of drug-likeness (QED) is 0.741. The van der Waals surface area contributed by atoms with Crippen molar-refractivity contribution in [3.63, 3.8) is 0 Å². The third-order valence-electron chi connectivity index (χ3n) is 2.57. The Kier molecular flexibility index (Phi) is 4.01. The SMILES string of the molecule is Cc1ccccc1C(=O)NNC(=O)c1cc(Br)c[nH]1. The highest BCUT2D eigenvalue weighted by Gasteiger charge is 2.11. The van der Waals surface area contributed by atoms with Crippen molar-refractivity contribution in [3.8, 4) is 0 Å². The number of aryl methyl sites for hydroxylation is 1. The molecule has 0 aliphatic heterocycles. The van der Waals surface area contributed by atoms with E-state index in [-0.39, 0.29) is 5.91 Å². The van der Waals surface area contributed by atoms with Crippen LogP contribution in [-0.4, -0.2) is 16.8 Å². The summed E-state index contributed by atoms with van der Waals surface area (Å²) >= 11 is 3.23. The molecule has 5 nitrogen and oxygen atoms in total. The highest BCUT2D eigenvalue weighted by atomic mass is 79.9. The van der Waals surface area contributed by atoms with Crippen LogP contribution in [0.15, 0.2) is 41.0 Å². The number of aromatic nitrogens is 1. The van der Waals surface area contributed by atoms with Crippen molar-refractivity contribution in [1.29, 1.82) is 0 Å². The number of rotatable bonds is 2. The Hall–Kier alpha value is -2.08. The minimum Gasteiger partial charge on any atom is -0.356 e. The summed E-state index contributed by atoms with van der Waals surface area (Å²) in [4.78, 5) is 26.3. The fourth-order valence-electron chi connectivity index (χ4n) is 1.57. The highest BCUT2D eigenvalue weighted by molar-refractivity contribution is 9.10. The number of H-pyrrole nitrogens is 1. The van der Waals surface area contributed by atoms with Crippen molar-refractivity contribution in [2.24, 2.45) is 0 Å². The standard InChI is InChI=1S/C13H12BrN3O2/c1-8-4-2-3-5-10(8)12(18)16-17-13(19)11-6-9(14)7-15-11/h2-7,15H,1H3,(H,16,18)(H,17,19). The molecule has 3 N–H and O–H groups in total. The number of benzene rings is 1. The number of amides is 2. The van der Waals surface area contributed by atoms with Crippen LogP contribution < -0.4 is 10.9 Å². The van der Waals surface area contributed by atoms with Gasteiger partial charge in [0.2, 0.25) is 0 Å². The molecular formula is C13H12BrN3O2. The Labute approximate surface area is 118 Å². The van der Waals surface area contributed by atoms with Crippen LogP contribution in [0.1, 0.15) is 26.4 Å². The molecule has 2 rings (SSSR count). The molecule has 1 heterocycles. The van der Waals surface area contributed by atoms with Crippen molar-refractivity contribution < 1.29 is 9.59 Å². The van der Waals surface area contributed by atoms with Gasteiger partial charge >= 0.3 is 0 Å². The zero-order valence-electron chi connectivity index (χ0n) is 10.2. The van der Waals surface area contributed by atoms with Gasteiger partial charge in [-0.1, -0.05) is 18.2 Å². The van der Waals surface area contributed by atoms with Gasteiger partial charge in [0.15, 0.2) is 0 Å². The molecule has 1 aromatic heterocycles. The summed E-state index contributed by atoms with van der Waals surface area (Å²) in [5.74, 6) is -0.760. The second kappa shape index (κ2) is 5.71. The number of aromatic amines is 1. The lowest BCUT2D eigenvalue weighted by atomic mass is 10.1. The molecule has 98 valence electrons. The van der Waals surface area contributed by atoms with Crippen LogP contribution in [-0.2, 0) is 0 Å². The molecule has 0 saturated heterocycles. The van der Waals surface area contributed by atoms with Gasteiger partial charge in [0.05, 0.1) is 0 Å². The summed E-state index contributed by atoms with van der Waals surface area (Å²) < 4.78 is 0.767. The summed E-state index contributed by atoms with van der Waals surface area (Å²) in [6, 6.07) is 8.77. The molecule has 19 heavy (non-hydrogen) atoms. The van der Waals surface area contributed by atoms with E-state index in [1.54, 1.807) is 24.4 Å². The molecular weight excluding hydrogens is 310 g/mol. The van der Waals surface area contributed by atoms with Crippen molar-refractivity contribution in [2.45, 2.75) is 6.92 Å². The molecule has 0 aliphatic rings. The molecule has 0 atom stereocenters. The number of hydrogen-bond donors (Lipinski definition) is 3. The van der Waals surface area contributed by atoms with E-state index in [0.717, 1.165) is 10.0 Å².